The van der Waals surface area contributed by atoms with Crippen molar-refractivity contribution in [1.29, 1.82) is 0 Å². The molecule has 1 fully saturated rings. The van der Waals surface area contributed by atoms with Gasteiger partial charge in [0.15, 0.2) is 0 Å². The van der Waals surface area contributed by atoms with Crippen LogP contribution in [0.4, 0.5) is 0 Å². The molecule has 1 saturated carbocycles. The maximum Gasteiger partial charge on any atom is 0.255 e. The highest BCUT2D eigenvalue weighted by Gasteiger charge is 2.20. The van der Waals surface area contributed by atoms with Crippen molar-refractivity contribution >= 4 is 11.8 Å². The summed E-state index contributed by atoms with van der Waals surface area (Å²) in [5.74, 6) is 0.139. The van der Waals surface area contributed by atoms with Gasteiger partial charge >= 0.3 is 0 Å². The van der Waals surface area contributed by atoms with E-state index in [0.29, 0.717) is 30.1 Å². The Labute approximate surface area is 205 Å². The Kier molecular flexibility index (Phi) is 8.15. The molecule has 0 unspecified atom stereocenters. The zero-order valence-electron chi connectivity index (χ0n) is 20.2. The monoisotopic (exact) mass is 476 g/mol. The number of benzene rings is 2. The van der Waals surface area contributed by atoms with Gasteiger partial charge in [0.05, 0.1) is 24.4 Å². The SMILES string of the molecule is COCCOc1cc(-c2cn[nH]c2)ccc1C(=O)N[C@H](C)c1cccc(C(=O)NC2CCCC2)c1. The minimum absolute atomic E-state index is 0.0686. The van der Waals surface area contributed by atoms with E-state index in [1.165, 1.54) is 0 Å². The fourth-order valence-electron chi connectivity index (χ4n) is 4.30. The molecule has 184 valence electrons. The molecule has 1 heterocycles. The molecule has 4 rings (SSSR count). The van der Waals surface area contributed by atoms with E-state index < -0.39 is 0 Å². The quantitative estimate of drug-likeness (QED) is 0.379. The third-order valence-electron chi connectivity index (χ3n) is 6.29. The van der Waals surface area contributed by atoms with Gasteiger partial charge in [-0.3, -0.25) is 14.7 Å². The van der Waals surface area contributed by atoms with Gasteiger partial charge in [-0.05, 0) is 55.2 Å². The topological polar surface area (TPSA) is 105 Å². The van der Waals surface area contributed by atoms with Crippen LogP contribution in [0.1, 0.15) is 64.9 Å². The Balaban J connectivity index is 1.48. The van der Waals surface area contributed by atoms with Crippen molar-refractivity contribution < 1.29 is 19.1 Å². The highest BCUT2D eigenvalue weighted by molar-refractivity contribution is 5.98. The minimum Gasteiger partial charge on any atom is -0.490 e. The molecular weight excluding hydrogens is 444 g/mol. The van der Waals surface area contributed by atoms with E-state index in [1.54, 1.807) is 31.6 Å². The lowest BCUT2D eigenvalue weighted by molar-refractivity contribution is 0.0928. The number of hydrogen-bond acceptors (Lipinski definition) is 5. The van der Waals surface area contributed by atoms with Crippen molar-refractivity contribution in [2.75, 3.05) is 20.3 Å². The van der Waals surface area contributed by atoms with E-state index >= 15 is 0 Å². The predicted octanol–water partition coefficient (Wildman–Crippen LogP) is 4.27. The number of methoxy groups -OCH3 is 1. The first-order valence-electron chi connectivity index (χ1n) is 12.0. The van der Waals surface area contributed by atoms with Crippen LogP contribution in [-0.2, 0) is 4.74 Å². The smallest absolute Gasteiger partial charge is 0.255 e. The molecule has 0 spiro atoms. The fourth-order valence-corrected chi connectivity index (χ4v) is 4.30. The number of nitrogens with zero attached hydrogens (tertiary/aromatic N) is 1. The first kappa shape index (κ1) is 24.5. The third-order valence-corrected chi connectivity index (χ3v) is 6.29. The molecule has 2 amide bonds. The van der Waals surface area contributed by atoms with E-state index in [4.69, 9.17) is 9.47 Å². The van der Waals surface area contributed by atoms with E-state index in [9.17, 15) is 9.59 Å². The van der Waals surface area contributed by atoms with Crippen LogP contribution in [0.15, 0.2) is 54.9 Å². The van der Waals surface area contributed by atoms with Crippen molar-refractivity contribution in [3.05, 3.63) is 71.5 Å². The number of carbonyl (C=O) groups excluding carboxylic acids is 2. The zero-order chi connectivity index (χ0) is 24.6. The molecule has 8 heteroatoms. The molecule has 0 bridgehead atoms. The number of H-pyrrole nitrogens is 1. The fraction of sp³-hybridized carbons (Fsp3) is 0.370. The second kappa shape index (κ2) is 11.7. The van der Waals surface area contributed by atoms with Crippen LogP contribution < -0.4 is 15.4 Å². The maximum absolute atomic E-state index is 13.2. The summed E-state index contributed by atoms with van der Waals surface area (Å²) in [6, 6.07) is 12.8. The predicted molar refractivity (Wildman–Crippen MR) is 133 cm³/mol. The van der Waals surface area contributed by atoms with Gasteiger partial charge in [0, 0.05) is 30.5 Å². The van der Waals surface area contributed by atoms with Crippen molar-refractivity contribution in [3.8, 4) is 16.9 Å². The Morgan fingerprint density at radius 1 is 1.09 bits per heavy atom. The van der Waals surface area contributed by atoms with Gasteiger partial charge in [0.2, 0.25) is 0 Å². The molecule has 0 aliphatic heterocycles. The molecule has 1 atom stereocenters. The average molecular weight is 477 g/mol. The third kappa shape index (κ3) is 6.27. The standard InChI is InChI=1S/C27H32N4O4/c1-18(19-6-5-7-21(14-19)26(32)31-23-8-3-4-9-23)30-27(33)24-11-10-20(22-16-28-29-17-22)15-25(24)35-13-12-34-2/h5-7,10-11,14-18,23H,3-4,8-9,12-13H2,1-2H3,(H,28,29)(H,30,33)(H,31,32)/t18-/m1/s1. The normalized spacial score (nSPS) is 14.5. The molecule has 2 aromatic carbocycles. The van der Waals surface area contributed by atoms with Crippen molar-refractivity contribution in [1.82, 2.24) is 20.8 Å². The van der Waals surface area contributed by atoms with E-state index in [2.05, 4.69) is 20.8 Å². The number of carbonyl (C=O) groups is 2. The van der Waals surface area contributed by atoms with Gasteiger partial charge in [0.25, 0.3) is 11.8 Å². The van der Waals surface area contributed by atoms with Crippen molar-refractivity contribution in [2.45, 2.75) is 44.7 Å². The van der Waals surface area contributed by atoms with Crippen molar-refractivity contribution in [2.24, 2.45) is 0 Å². The number of aromatic amines is 1. The highest BCUT2D eigenvalue weighted by atomic mass is 16.5. The van der Waals surface area contributed by atoms with Crippen LogP contribution >= 0.6 is 0 Å². The average Bonchev–Trinajstić information content (AvgIpc) is 3.59. The summed E-state index contributed by atoms with van der Waals surface area (Å²) in [6.07, 6.45) is 7.89. The lowest BCUT2D eigenvalue weighted by atomic mass is 10.0. The zero-order valence-corrected chi connectivity index (χ0v) is 20.2. The molecule has 0 radical (unpaired) electrons. The Morgan fingerprint density at radius 2 is 1.91 bits per heavy atom. The van der Waals surface area contributed by atoms with Crippen LogP contribution in [-0.4, -0.2) is 48.4 Å². The Bertz CT molecular complexity index is 1140. The van der Waals surface area contributed by atoms with Gasteiger partial charge in [-0.1, -0.05) is 31.0 Å². The molecular formula is C27H32N4O4. The number of ether oxygens (including phenoxy) is 2. The molecule has 1 aliphatic rings. The Morgan fingerprint density at radius 3 is 2.66 bits per heavy atom. The number of hydrogen-bond donors (Lipinski definition) is 3. The summed E-state index contributed by atoms with van der Waals surface area (Å²) < 4.78 is 11.0. The second-order valence-corrected chi connectivity index (χ2v) is 8.81. The van der Waals surface area contributed by atoms with Crippen LogP contribution in [0, 0.1) is 0 Å². The molecule has 8 nitrogen and oxygen atoms in total. The lowest BCUT2D eigenvalue weighted by Gasteiger charge is -2.18. The minimum atomic E-state index is -0.304. The van der Waals surface area contributed by atoms with Gasteiger partial charge < -0.3 is 20.1 Å². The molecule has 3 aromatic rings. The number of rotatable bonds is 10. The molecule has 35 heavy (non-hydrogen) atoms. The van der Waals surface area contributed by atoms with Crippen LogP contribution in [0.25, 0.3) is 11.1 Å². The molecule has 3 N–H and O–H groups in total. The van der Waals surface area contributed by atoms with Crippen LogP contribution in [0.5, 0.6) is 5.75 Å². The first-order chi connectivity index (χ1) is 17.0. The molecule has 1 aromatic heterocycles. The number of nitrogens with one attached hydrogen (secondary N) is 3. The van der Waals surface area contributed by atoms with Gasteiger partial charge in [-0.15, -0.1) is 0 Å². The van der Waals surface area contributed by atoms with Gasteiger partial charge in [-0.2, -0.15) is 5.10 Å². The number of amides is 2. The lowest BCUT2D eigenvalue weighted by Crippen LogP contribution is -2.32. The van der Waals surface area contributed by atoms with Gasteiger partial charge in [0.1, 0.15) is 12.4 Å². The summed E-state index contributed by atoms with van der Waals surface area (Å²) in [5, 5.41) is 12.9. The maximum atomic E-state index is 13.2. The van der Waals surface area contributed by atoms with E-state index in [1.807, 2.05) is 37.3 Å². The summed E-state index contributed by atoms with van der Waals surface area (Å²) in [5.41, 5.74) is 3.67. The van der Waals surface area contributed by atoms with Crippen LogP contribution in [0.3, 0.4) is 0 Å². The summed E-state index contributed by atoms with van der Waals surface area (Å²) >= 11 is 0. The number of aromatic nitrogens is 2. The van der Waals surface area contributed by atoms with E-state index in [-0.39, 0.29) is 23.9 Å². The highest BCUT2D eigenvalue weighted by Crippen LogP contribution is 2.28. The second-order valence-electron chi connectivity index (χ2n) is 8.81. The summed E-state index contributed by atoms with van der Waals surface area (Å²) in [6.45, 7) is 2.62. The summed E-state index contributed by atoms with van der Waals surface area (Å²) in [4.78, 5) is 25.9. The molecule has 1 aliphatic carbocycles. The molecule has 0 saturated heterocycles. The largest absolute Gasteiger partial charge is 0.490 e. The van der Waals surface area contributed by atoms with E-state index in [0.717, 1.165) is 42.4 Å². The first-order valence-corrected chi connectivity index (χ1v) is 12.0. The van der Waals surface area contributed by atoms with Crippen molar-refractivity contribution in [3.63, 3.8) is 0 Å². The van der Waals surface area contributed by atoms with Crippen LogP contribution in [0.2, 0.25) is 0 Å². The summed E-state index contributed by atoms with van der Waals surface area (Å²) in [7, 11) is 1.60. The Hall–Kier alpha value is -3.65. The van der Waals surface area contributed by atoms with Gasteiger partial charge in [-0.25, -0.2) is 0 Å².